The van der Waals surface area contributed by atoms with Crippen LogP contribution in [0.4, 0.5) is 4.39 Å². The quantitative estimate of drug-likeness (QED) is 0.734. The van der Waals surface area contributed by atoms with Gasteiger partial charge in [0.15, 0.2) is 0 Å². The van der Waals surface area contributed by atoms with Gasteiger partial charge in [-0.05, 0) is 29.8 Å². The number of nitrogens with zero attached hydrogens (tertiary/aromatic N) is 1. The van der Waals surface area contributed by atoms with Crippen molar-refractivity contribution < 1.29 is 13.9 Å². The van der Waals surface area contributed by atoms with E-state index in [1.54, 1.807) is 13.2 Å². The number of methoxy groups -OCH3 is 1. The molecule has 0 aromatic heterocycles. The molecule has 1 unspecified atom stereocenters. The normalized spacial score (nSPS) is 16.3. The van der Waals surface area contributed by atoms with Gasteiger partial charge in [0.1, 0.15) is 11.6 Å². The molecule has 0 amide bonds. The summed E-state index contributed by atoms with van der Waals surface area (Å²) in [7, 11) is 1.59. The molecule has 0 bridgehead atoms. The molecule has 1 fully saturated rings. The third-order valence-electron chi connectivity index (χ3n) is 4.68. The molecule has 3 rings (SSSR count). The zero-order valence-corrected chi connectivity index (χ0v) is 16.7. The highest BCUT2D eigenvalue weighted by atomic mass is 35.5. The fourth-order valence-electron chi connectivity index (χ4n) is 3.35. The van der Waals surface area contributed by atoms with Gasteiger partial charge >= 0.3 is 0 Å². The van der Waals surface area contributed by atoms with E-state index >= 15 is 0 Å². The van der Waals surface area contributed by atoms with Gasteiger partial charge in [0.2, 0.25) is 0 Å². The molecule has 2 aromatic carbocycles. The number of rotatable bonds is 7. The number of morpholine rings is 1. The van der Waals surface area contributed by atoms with Crippen molar-refractivity contribution in [2.75, 3.05) is 40.0 Å². The van der Waals surface area contributed by atoms with E-state index in [1.807, 2.05) is 18.2 Å². The summed E-state index contributed by atoms with van der Waals surface area (Å²) in [5.74, 6) is 0.393. The maximum Gasteiger partial charge on any atom is 0.142 e. The van der Waals surface area contributed by atoms with Crippen LogP contribution in [0.1, 0.15) is 17.2 Å². The zero-order chi connectivity index (χ0) is 19.2. The van der Waals surface area contributed by atoms with Crippen LogP contribution < -0.4 is 10.1 Å². The minimum Gasteiger partial charge on any atom is -0.495 e. The number of hydrogen-bond acceptors (Lipinski definition) is 4. The van der Waals surface area contributed by atoms with E-state index in [-0.39, 0.29) is 11.9 Å². The highest BCUT2D eigenvalue weighted by molar-refractivity contribution is 6.35. The number of ether oxygens (including phenoxy) is 2. The molecular weight excluding hydrogens is 390 g/mol. The van der Waals surface area contributed by atoms with Crippen molar-refractivity contribution in [3.8, 4) is 5.75 Å². The van der Waals surface area contributed by atoms with Crippen LogP contribution in [0.3, 0.4) is 0 Å². The Labute approximate surface area is 169 Å². The second-order valence-corrected chi connectivity index (χ2v) is 7.27. The lowest BCUT2D eigenvalue weighted by molar-refractivity contribution is 0.0161. The fraction of sp³-hybridized carbons (Fsp3) is 0.400. The number of halogens is 3. The molecule has 0 spiro atoms. The SMILES string of the molecule is COc1c(Cl)cc(Cl)cc1CNCC(c1ccc(F)cc1)N1CCOCC1. The lowest BCUT2D eigenvalue weighted by Crippen LogP contribution is -2.42. The van der Waals surface area contributed by atoms with Crippen molar-refractivity contribution in [3.05, 3.63) is 63.4 Å². The van der Waals surface area contributed by atoms with Crippen LogP contribution in [0.5, 0.6) is 5.75 Å². The molecule has 1 aliphatic rings. The Morgan fingerprint density at radius 1 is 1.19 bits per heavy atom. The lowest BCUT2D eigenvalue weighted by Gasteiger charge is -2.35. The van der Waals surface area contributed by atoms with Gasteiger partial charge in [-0.2, -0.15) is 0 Å². The van der Waals surface area contributed by atoms with Crippen molar-refractivity contribution in [1.29, 1.82) is 0 Å². The Morgan fingerprint density at radius 3 is 2.56 bits per heavy atom. The molecule has 1 aliphatic heterocycles. The predicted molar refractivity (Wildman–Crippen MR) is 106 cm³/mol. The van der Waals surface area contributed by atoms with E-state index in [9.17, 15) is 4.39 Å². The minimum absolute atomic E-state index is 0.121. The van der Waals surface area contributed by atoms with Gasteiger partial charge < -0.3 is 14.8 Å². The van der Waals surface area contributed by atoms with Crippen molar-refractivity contribution in [2.45, 2.75) is 12.6 Å². The molecule has 7 heteroatoms. The van der Waals surface area contributed by atoms with Gasteiger partial charge in [0, 0.05) is 42.8 Å². The summed E-state index contributed by atoms with van der Waals surface area (Å²) < 4.78 is 24.2. The van der Waals surface area contributed by atoms with Crippen LogP contribution in [-0.2, 0) is 11.3 Å². The first-order valence-corrected chi connectivity index (χ1v) is 9.64. The molecule has 146 valence electrons. The van der Waals surface area contributed by atoms with Crippen molar-refractivity contribution in [3.63, 3.8) is 0 Å². The Morgan fingerprint density at radius 2 is 1.89 bits per heavy atom. The van der Waals surface area contributed by atoms with Crippen LogP contribution in [0.25, 0.3) is 0 Å². The molecule has 27 heavy (non-hydrogen) atoms. The Bertz CT molecular complexity index is 752. The molecular formula is C20H23Cl2FN2O2. The van der Waals surface area contributed by atoms with E-state index < -0.39 is 0 Å². The zero-order valence-electron chi connectivity index (χ0n) is 15.2. The van der Waals surface area contributed by atoms with Crippen molar-refractivity contribution in [1.82, 2.24) is 10.2 Å². The van der Waals surface area contributed by atoms with E-state index in [0.717, 1.165) is 24.2 Å². The summed E-state index contributed by atoms with van der Waals surface area (Å²) in [6, 6.07) is 10.3. The summed E-state index contributed by atoms with van der Waals surface area (Å²) in [5.41, 5.74) is 1.97. The molecule has 2 aromatic rings. The van der Waals surface area contributed by atoms with Gasteiger partial charge in [0.05, 0.1) is 25.3 Å². The van der Waals surface area contributed by atoms with E-state index in [1.165, 1.54) is 12.1 Å². The van der Waals surface area contributed by atoms with Gasteiger partial charge in [-0.1, -0.05) is 35.3 Å². The summed E-state index contributed by atoms with van der Waals surface area (Å²) in [4.78, 5) is 2.35. The Kier molecular flexibility index (Phi) is 7.33. The van der Waals surface area contributed by atoms with Crippen molar-refractivity contribution >= 4 is 23.2 Å². The molecule has 1 saturated heterocycles. The van der Waals surface area contributed by atoms with Crippen LogP contribution >= 0.6 is 23.2 Å². The van der Waals surface area contributed by atoms with Crippen LogP contribution in [0.15, 0.2) is 36.4 Å². The van der Waals surface area contributed by atoms with Crippen LogP contribution in [0.2, 0.25) is 10.0 Å². The molecule has 1 N–H and O–H groups in total. The molecule has 1 heterocycles. The topological polar surface area (TPSA) is 33.7 Å². The smallest absolute Gasteiger partial charge is 0.142 e. The van der Waals surface area contributed by atoms with E-state index in [0.29, 0.717) is 42.1 Å². The number of benzene rings is 2. The molecule has 0 saturated carbocycles. The summed E-state index contributed by atoms with van der Waals surface area (Å²) >= 11 is 12.3. The lowest BCUT2D eigenvalue weighted by atomic mass is 10.0. The van der Waals surface area contributed by atoms with Crippen LogP contribution in [-0.4, -0.2) is 44.9 Å². The van der Waals surface area contributed by atoms with Gasteiger partial charge in [-0.15, -0.1) is 0 Å². The fourth-order valence-corrected chi connectivity index (χ4v) is 3.96. The Hall–Kier alpha value is -1.37. The highest BCUT2D eigenvalue weighted by Crippen LogP contribution is 2.32. The third-order valence-corrected chi connectivity index (χ3v) is 5.18. The molecule has 1 atom stereocenters. The van der Waals surface area contributed by atoms with Gasteiger partial charge in [-0.25, -0.2) is 4.39 Å². The summed E-state index contributed by atoms with van der Waals surface area (Å²) in [6.07, 6.45) is 0. The maximum atomic E-state index is 13.3. The average Bonchev–Trinajstić information content (AvgIpc) is 2.66. The predicted octanol–water partition coefficient (Wildman–Crippen LogP) is 4.30. The first-order chi connectivity index (χ1) is 13.1. The molecule has 4 nitrogen and oxygen atoms in total. The minimum atomic E-state index is -0.231. The molecule has 0 radical (unpaired) electrons. The average molecular weight is 413 g/mol. The first-order valence-electron chi connectivity index (χ1n) is 8.88. The second kappa shape index (κ2) is 9.71. The number of hydrogen-bond donors (Lipinski definition) is 1. The monoisotopic (exact) mass is 412 g/mol. The summed E-state index contributed by atoms with van der Waals surface area (Å²) in [6.45, 7) is 4.35. The number of nitrogens with one attached hydrogen (secondary N) is 1. The van der Waals surface area contributed by atoms with E-state index in [2.05, 4.69) is 10.2 Å². The van der Waals surface area contributed by atoms with E-state index in [4.69, 9.17) is 32.7 Å². The standard InChI is InChI=1S/C20H23Cl2FN2O2/c1-26-20-15(10-16(21)11-18(20)22)12-24-13-19(25-6-8-27-9-7-25)14-2-4-17(23)5-3-14/h2-5,10-11,19,24H,6-9,12-13H2,1H3. The molecule has 0 aliphatic carbocycles. The second-order valence-electron chi connectivity index (χ2n) is 6.43. The maximum absolute atomic E-state index is 13.3. The largest absolute Gasteiger partial charge is 0.495 e. The highest BCUT2D eigenvalue weighted by Gasteiger charge is 2.22. The van der Waals surface area contributed by atoms with Crippen LogP contribution in [0, 0.1) is 5.82 Å². The van der Waals surface area contributed by atoms with Gasteiger partial charge in [0.25, 0.3) is 0 Å². The van der Waals surface area contributed by atoms with Gasteiger partial charge in [-0.3, -0.25) is 4.90 Å². The Balaban J connectivity index is 1.72. The summed E-state index contributed by atoms with van der Waals surface area (Å²) in [5, 5.41) is 4.53. The van der Waals surface area contributed by atoms with Crippen molar-refractivity contribution in [2.24, 2.45) is 0 Å². The third kappa shape index (κ3) is 5.33. The first kappa shape index (κ1) is 20.4.